The van der Waals surface area contributed by atoms with Crippen molar-refractivity contribution >= 4 is 46.4 Å². The minimum atomic E-state index is -0.566. The predicted molar refractivity (Wildman–Crippen MR) is 159 cm³/mol. The van der Waals surface area contributed by atoms with Crippen LogP contribution in [0.25, 0.3) is 17.0 Å². The van der Waals surface area contributed by atoms with Gasteiger partial charge >= 0.3 is 17.6 Å². The number of aliphatic hydroxyl groups is 1. The van der Waals surface area contributed by atoms with E-state index in [1.54, 1.807) is 36.9 Å². The molecule has 0 atom stereocenters. The fraction of sp³-hybridized carbons (Fsp3) is 0.433. The van der Waals surface area contributed by atoms with E-state index in [4.69, 9.17) is 13.9 Å². The molecule has 0 saturated carbocycles. The number of hydrogen-bond acceptors (Lipinski definition) is 10. The van der Waals surface area contributed by atoms with Crippen molar-refractivity contribution in [2.24, 2.45) is 0 Å². The molecule has 40 heavy (non-hydrogen) atoms. The fourth-order valence-corrected chi connectivity index (χ4v) is 5.47. The zero-order valence-corrected chi connectivity index (χ0v) is 24.4. The Morgan fingerprint density at radius 3 is 2.67 bits per heavy atom. The van der Waals surface area contributed by atoms with Gasteiger partial charge in [-0.05, 0) is 55.9 Å². The summed E-state index contributed by atoms with van der Waals surface area (Å²) >= 11 is 1.55. The lowest BCUT2D eigenvalue weighted by Crippen LogP contribution is -2.30. The minimum absolute atomic E-state index is 0.0188. The summed E-state index contributed by atoms with van der Waals surface area (Å²) in [6, 6.07) is 5.53. The van der Waals surface area contributed by atoms with Gasteiger partial charge in [-0.3, -0.25) is 4.79 Å². The maximum absolute atomic E-state index is 13.5. The van der Waals surface area contributed by atoms with Crippen molar-refractivity contribution < 1.29 is 28.6 Å². The maximum Gasteiger partial charge on any atom is 0.344 e. The van der Waals surface area contributed by atoms with Gasteiger partial charge in [-0.25, -0.2) is 9.59 Å². The van der Waals surface area contributed by atoms with Crippen LogP contribution in [0, 0.1) is 0 Å². The predicted octanol–water partition coefficient (Wildman–Crippen LogP) is 4.38. The molecule has 0 aliphatic carbocycles. The summed E-state index contributed by atoms with van der Waals surface area (Å²) in [6.45, 7) is 7.59. The van der Waals surface area contributed by atoms with Crippen molar-refractivity contribution in [3.8, 4) is 0 Å². The van der Waals surface area contributed by atoms with Gasteiger partial charge in [0.1, 0.15) is 12.1 Å². The standard InChI is InChI=1S/C30H38N2O7S/c1-5-8-17-40-28-23-10-9-22(32(6-2)20-27(34)37-4)18-26(23)39-30(36)25(28)19-24(29(35)38-7-3)21-11-13-31(14-12-21)15-16-33/h9-13,18-19,33H,5-8,14-17,20H2,1-4H3. The summed E-state index contributed by atoms with van der Waals surface area (Å²) in [5, 5.41) is 9.99. The first kappa shape index (κ1) is 31.0. The number of anilines is 1. The number of esters is 2. The summed E-state index contributed by atoms with van der Waals surface area (Å²) in [4.78, 5) is 42.9. The van der Waals surface area contributed by atoms with Crippen LogP contribution in [0.4, 0.5) is 5.69 Å². The van der Waals surface area contributed by atoms with Gasteiger partial charge in [-0.15, -0.1) is 11.8 Å². The largest absolute Gasteiger partial charge is 0.468 e. The molecule has 1 aromatic carbocycles. The Hall–Kier alpha value is -3.50. The zero-order chi connectivity index (χ0) is 29.1. The van der Waals surface area contributed by atoms with Gasteiger partial charge in [0.15, 0.2) is 0 Å². The topological polar surface area (TPSA) is 110 Å². The molecule has 0 radical (unpaired) electrons. The number of carbonyl (C=O) groups is 2. The van der Waals surface area contributed by atoms with Gasteiger partial charge in [-0.1, -0.05) is 19.4 Å². The number of methoxy groups -OCH3 is 1. The lowest BCUT2D eigenvalue weighted by molar-refractivity contribution is -0.139. The molecule has 3 rings (SSSR count). The van der Waals surface area contributed by atoms with Crippen LogP contribution >= 0.6 is 11.8 Å². The molecule has 2 heterocycles. The highest BCUT2D eigenvalue weighted by Crippen LogP contribution is 2.34. The molecule has 9 nitrogen and oxygen atoms in total. The molecule has 1 aliphatic rings. The van der Waals surface area contributed by atoms with Gasteiger partial charge in [0.25, 0.3) is 0 Å². The van der Waals surface area contributed by atoms with Crippen molar-refractivity contribution in [2.45, 2.75) is 38.5 Å². The first-order valence-corrected chi connectivity index (χ1v) is 14.5. The normalized spacial score (nSPS) is 13.4. The van der Waals surface area contributed by atoms with Crippen molar-refractivity contribution in [1.29, 1.82) is 0 Å². The molecule has 0 spiro atoms. The van der Waals surface area contributed by atoms with Gasteiger partial charge < -0.3 is 28.8 Å². The number of β-amino-alcohol motifs (C(OH)–C–C–N with tert-alkyl or cyclic N) is 1. The highest BCUT2D eigenvalue weighted by molar-refractivity contribution is 7.99. The molecule has 0 unspecified atom stereocenters. The number of rotatable bonds is 14. The van der Waals surface area contributed by atoms with Gasteiger partial charge in [0.05, 0.1) is 31.5 Å². The molecular formula is C30H38N2O7S. The average molecular weight is 571 g/mol. The zero-order valence-electron chi connectivity index (χ0n) is 23.6. The van der Waals surface area contributed by atoms with Crippen molar-refractivity contribution in [3.05, 3.63) is 63.7 Å². The van der Waals surface area contributed by atoms with E-state index in [2.05, 4.69) is 6.92 Å². The summed E-state index contributed by atoms with van der Waals surface area (Å²) < 4.78 is 16.0. The van der Waals surface area contributed by atoms with Gasteiger partial charge in [-0.2, -0.15) is 0 Å². The van der Waals surface area contributed by atoms with Crippen LogP contribution in [0.1, 0.15) is 39.2 Å². The van der Waals surface area contributed by atoms with Crippen LogP contribution in [0.2, 0.25) is 0 Å². The monoisotopic (exact) mass is 570 g/mol. The highest BCUT2D eigenvalue weighted by atomic mass is 32.2. The molecule has 1 N–H and O–H groups in total. The van der Waals surface area contributed by atoms with Crippen LogP contribution in [-0.2, 0) is 19.1 Å². The molecule has 0 amide bonds. The van der Waals surface area contributed by atoms with E-state index in [0.29, 0.717) is 36.4 Å². The van der Waals surface area contributed by atoms with Crippen molar-refractivity contribution in [2.75, 3.05) is 57.2 Å². The van der Waals surface area contributed by atoms with E-state index in [9.17, 15) is 19.5 Å². The molecule has 2 aromatic rings. The van der Waals surface area contributed by atoms with E-state index in [1.165, 1.54) is 7.11 Å². The third-order valence-corrected chi connectivity index (χ3v) is 7.63. The lowest BCUT2D eigenvalue weighted by Gasteiger charge is -2.22. The van der Waals surface area contributed by atoms with Crippen molar-refractivity contribution in [1.82, 2.24) is 4.90 Å². The Morgan fingerprint density at radius 1 is 1.25 bits per heavy atom. The summed E-state index contributed by atoms with van der Waals surface area (Å²) in [5.41, 5.74) is 1.75. The third kappa shape index (κ3) is 7.79. The number of allylic oxidation sites excluding steroid dienone is 1. The molecule has 0 fully saturated rings. The first-order valence-electron chi connectivity index (χ1n) is 13.5. The van der Waals surface area contributed by atoms with Crippen LogP contribution in [0.3, 0.4) is 0 Å². The second-order valence-electron chi connectivity index (χ2n) is 9.08. The maximum atomic E-state index is 13.5. The van der Waals surface area contributed by atoms with Crippen LogP contribution in [-0.4, -0.2) is 74.2 Å². The summed E-state index contributed by atoms with van der Waals surface area (Å²) in [6.07, 6.45) is 8.98. The smallest absolute Gasteiger partial charge is 0.344 e. The van der Waals surface area contributed by atoms with Crippen LogP contribution < -0.4 is 10.5 Å². The summed E-state index contributed by atoms with van der Waals surface area (Å²) in [5.74, 6) is -0.111. The first-order chi connectivity index (χ1) is 19.4. The molecule has 0 bridgehead atoms. The van der Waals surface area contributed by atoms with Crippen LogP contribution in [0.15, 0.2) is 61.8 Å². The summed E-state index contributed by atoms with van der Waals surface area (Å²) in [7, 11) is 1.35. The Balaban J connectivity index is 2.15. The fourth-order valence-electron chi connectivity index (χ4n) is 4.21. The second-order valence-corrected chi connectivity index (χ2v) is 10.2. The average Bonchev–Trinajstić information content (AvgIpc) is 2.95. The van der Waals surface area contributed by atoms with E-state index in [0.717, 1.165) is 34.6 Å². The Bertz CT molecular complexity index is 1350. The Labute approximate surface area is 239 Å². The second kappa shape index (κ2) is 15.3. The number of likely N-dealkylation sites (N-methyl/N-ethyl adjacent to an activating group) is 1. The Morgan fingerprint density at radius 2 is 2.05 bits per heavy atom. The number of hydrogen-bond donors (Lipinski definition) is 1. The number of thioether (sulfide) groups is 1. The number of unbranched alkanes of at least 4 members (excludes halogenated alkanes) is 1. The molecular weight excluding hydrogens is 532 g/mol. The van der Waals surface area contributed by atoms with Gasteiger partial charge in [0, 0.05) is 47.9 Å². The molecule has 1 aromatic heterocycles. The highest BCUT2D eigenvalue weighted by Gasteiger charge is 2.22. The van der Waals surface area contributed by atoms with Gasteiger partial charge in [0.2, 0.25) is 0 Å². The molecule has 0 saturated heterocycles. The third-order valence-electron chi connectivity index (χ3n) is 6.41. The molecule has 10 heteroatoms. The molecule has 216 valence electrons. The SMILES string of the molecule is CCCCSc1c(C=C(C(=O)OCC)C2=CCN(CCO)C=C2)c(=O)oc2cc(N(CC)CC(=O)OC)ccc12. The van der Waals surface area contributed by atoms with E-state index in [1.807, 2.05) is 41.1 Å². The lowest BCUT2D eigenvalue weighted by atomic mass is 10.0. The van der Waals surface area contributed by atoms with E-state index in [-0.39, 0.29) is 31.3 Å². The van der Waals surface area contributed by atoms with E-state index < -0.39 is 11.6 Å². The number of aliphatic hydroxyl groups excluding tert-OH is 1. The van der Waals surface area contributed by atoms with Crippen molar-refractivity contribution in [3.63, 3.8) is 0 Å². The van der Waals surface area contributed by atoms with Crippen LogP contribution in [0.5, 0.6) is 0 Å². The number of carbonyl (C=O) groups excluding carboxylic acids is 2. The number of benzene rings is 1. The molecule has 1 aliphatic heterocycles. The number of nitrogens with zero attached hydrogens (tertiary/aromatic N) is 2. The quantitative estimate of drug-likeness (QED) is 0.116. The Kier molecular flexibility index (Phi) is 11.9. The number of fused-ring (bicyclic) bond motifs is 1. The minimum Gasteiger partial charge on any atom is -0.468 e. The number of ether oxygens (including phenoxy) is 2. The van der Waals surface area contributed by atoms with E-state index >= 15 is 0 Å².